The lowest BCUT2D eigenvalue weighted by Gasteiger charge is -2.26. The number of aliphatic imine (C=N–C) groups is 1. The summed E-state index contributed by atoms with van der Waals surface area (Å²) in [5, 5.41) is 0. The molecule has 0 amide bonds. The molecule has 1 aliphatic rings. The van der Waals surface area contributed by atoms with Gasteiger partial charge in [-0.3, -0.25) is 4.99 Å². The van der Waals surface area contributed by atoms with Crippen molar-refractivity contribution in [1.29, 1.82) is 0 Å². The highest BCUT2D eigenvalue weighted by Gasteiger charge is 2.29. The van der Waals surface area contributed by atoms with E-state index in [1.165, 1.54) is 24.3 Å². The molecule has 3 nitrogen and oxygen atoms in total. The van der Waals surface area contributed by atoms with Crippen LogP contribution < -0.4 is 10.6 Å². The predicted octanol–water partition coefficient (Wildman–Crippen LogP) is 2.98. The van der Waals surface area contributed by atoms with Crippen LogP contribution in [0.25, 0.3) is 0 Å². The Labute approximate surface area is 119 Å². The van der Waals surface area contributed by atoms with Gasteiger partial charge < -0.3 is 10.6 Å². The quantitative estimate of drug-likeness (QED) is 0.924. The summed E-state index contributed by atoms with van der Waals surface area (Å²) in [5.74, 6) is -1.46. The molecule has 21 heavy (non-hydrogen) atoms. The van der Waals surface area contributed by atoms with Crippen molar-refractivity contribution in [2.75, 3.05) is 11.4 Å². The van der Waals surface area contributed by atoms with E-state index in [1.54, 1.807) is 17.0 Å². The molecule has 0 aromatic heterocycles. The second-order valence-electron chi connectivity index (χ2n) is 4.76. The molecule has 1 atom stereocenters. The first-order valence-corrected chi connectivity index (χ1v) is 6.35. The minimum atomic E-state index is -0.658. The van der Waals surface area contributed by atoms with Crippen LogP contribution in [-0.4, -0.2) is 12.5 Å². The summed E-state index contributed by atoms with van der Waals surface area (Å²) in [7, 11) is 0. The maximum absolute atomic E-state index is 13.4. The fraction of sp³-hybridized carbons (Fsp3) is 0.133. The zero-order chi connectivity index (χ0) is 15.0. The fourth-order valence-electron chi connectivity index (χ4n) is 2.43. The Morgan fingerprint density at radius 1 is 0.952 bits per heavy atom. The standard InChI is InChI=1S/C15H12F3N3/c16-10-1-3-13(4-2-10)21-14(8-20-15(21)19)9-5-11(17)7-12(18)6-9/h1-7,14H,8H2,(H2,19,20). The van der Waals surface area contributed by atoms with E-state index < -0.39 is 17.7 Å². The van der Waals surface area contributed by atoms with Crippen molar-refractivity contribution in [3.05, 3.63) is 65.5 Å². The van der Waals surface area contributed by atoms with Crippen LogP contribution in [0.2, 0.25) is 0 Å². The Morgan fingerprint density at radius 2 is 1.57 bits per heavy atom. The number of anilines is 1. The summed E-state index contributed by atoms with van der Waals surface area (Å²) in [6.45, 7) is 0.284. The van der Waals surface area contributed by atoms with Gasteiger partial charge >= 0.3 is 0 Å². The number of rotatable bonds is 2. The van der Waals surface area contributed by atoms with E-state index in [0.717, 1.165) is 6.07 Å². The van der Waals surface area contributed by atoms with Gasteiger partial charge in [-0.05, 0) is 42.0 Å². The molecule has 0 fully saturated rings. The average molecular weight is 291 g/mol. The van der Waals surface area contributed by atoms with E-state index in [-0.39, 0.29) is 18.3 Å². The lowest BCUT2D eigenvalue weighted by atomic mass is 10.1. The van der Waals surface area contributed by atoms with Gasteiger partial charge in [-0.25, -0.2) is 13.2 Å². The Morgan fingerprint density at radius 3 is 2.19 bits per heavy atom. The summed E-state index contributed by atoms with van der Waals surface area (Å²) in [5.41, 5.74) is 6.89. The lowest BCUT2D eigenvalue weighted by molar-refractivity contribution is 0.575. The fourth-order valence-corrected chi connectivity index (χ4v) is 2.43. The van der Waals surface area contributed by atoms with E-state index >= 15 is 0 Å². The Kier molecular flexibility index (Phi) is 3.29. The molecule has 0 saturated carbocycles. The van der Waals surface area contributed by atoms with Crippen LogP contribution in [0.3, 0.4) is 0 Å². The third kappa shape index (κ3) is 2.56. The van der Waals surface area contributed by atoms with Crippen LogP contribution >= 0.6 is 0 Å². The molecule has 1 aliphatic heterocycles. The second-order valence-corrected chi connectivity index (χ2v) is 4.76. The summed E-state index contributed by atoms with van der Waals surface area (Å²) in [6, 6.07) is 8.58. The summed E-state index contributed by atoms with van der Waals surface area (Å²) < 4.78 is 39.8. The topological polar surface area (TPSA) is 41.6 Å². The van der Waals surface area contributed by atoms with Crippen LogP contribution in [0.4, 0.5) is 18.9 Å². The highest BCUT2D eigenvalue weighted by atomic mass is 19.1. The first-order valence-electron chi connectivity index (χ1n) is 6.35. The third-order valence-electron chi connectivity index (χ3n) is 3.36. The van der Waals surface area contributed by atoms with Gasteiger partial charge in [-0.1, -0.05) is 0 Å². The zero-order valence-corrected chi connectivity index (χ0v) is 10.9. The normalized spacial score (nSPS) is 18.0. The maximum atomic E-state index is 13.4. The van der Waals surface area contributed by atoms with Crippen LogP contribution in [0.1, 0.15) is 11.6 Å². The molecule has 3 rings (SSSR count). The molecule has 0 spiro atoms. The number of guanidine groups is 1. The molecule has 0 aliphatic carbocycles. The van der Waals surface area contributed by atoms with Gasteiger partial charge in [0.05, 0.1) is 12.6 Å². The molecule has 6 heteroatoms. The van der Waals surface area contributed by atoms with Gasteiger partial charge in [0.25, 0.3) is 0 Å². The van der Waals surface area contributed by atoms with Gasteiger partial charge in [0.1, 0.15) is 17.5 Å². The monoisotopic (exact) mass is 291 g/mol. The van der Waals surface area contributed by atoms with Gasteiger partial charge in [-0.15, -0.1) is 0 Å². The van der Waals surface area contributed by atoms with E-state index in [1.807, 2.05) is 0 Å². The largest absolute Gasteiger partial charge is 0.369 e. The predicted molar refractivity (Wildman–Crippen MR) is 74.5 cm³/mol. The van der Waals surface area contributed by atoms with Crippen LogP contribution in [-0.2, 0) is 0 Å². The number of hydrogen-bond donors (Lipinski definition) is 1. The van der Waals surface area contributed by atoms with Crippen molar-refractivity contribution in [1.82, 2.24) is 0 Å². The van der Waals surface area contributed by atoms with E-state index in [2.05, 4.69) is 4.99 Å². The number of halogens is 3. The number of benzene rings is 2. The summed E-state index contributed by atoms with van der Waals surface area (Å²) in [4.78, 5) is 5.75. The number of nitrogens with zero attached hydrogens (tertiary/aromatic N) is 2. The SMILES string of the molecule is NC1=NCC(c2cc(F)cc(F)c2)N1c1ccc(F)cc1. The molecule has 2 N–H and O–H groups in total. The number of hydrogen-bond acceptors (Lipinski definition) is 3. The highest BCUT2D eigenvalue weighted by molar-refractivity contribution is 5.97. The molecule has 2 aromatic rings. The molecule has 0 bridgehead atoms. The minimum Gasteiger partial charge on any atom is -0.369 e. The molecule has 2 aromatic carbocycles. The van der Waals surface area contributed by atoms with Crippen LogP contribution in [0.15, 0.2) is 47.5 Å². The van der Waals surface area contributed by atoms with Crippen molar-refractivity contribution in [3.8, 4) is 0 Å². The van der Waals surface area contributed by atoms with Crippen molar-refractivity contribution in [3.63, 3.8) is 0 Å². The van der Waals surface area contributed by atoms with Gasteiger partial charge in [0.15, 0.2) is 5.96 Å². The average Bonchev–Trinajstić information content (AvgIpc) is 2.80. The molecule has 0 radical (unpaired) electrons. The van der Waals surface area contributed by atoms with Gasteiger partial charge in [0, 0.05) is 11.8 Å². The minimum absolute atomic E-state index is 0.233. The Bertz CT molecular complexity index is 678. The third-order valence-corrected chi connectivity index (χ3v) is 3.36. The Hall–Kier alpha value is -2.50. The van der Waals surface area contributed by atoms with E-state index in [9.17, 15) is 13.2 Å². The molecule has 1 unspecified atom stereocenters. The van der Waals surface area contributed by atoms with Crippen LogP contribution in [0.5, 0.6) is 0 Å². The van der Waals surface area contributed by atoms with Gasteiger partial charge in [0.2, 0.25) is 0 Å². The maximum Gasteiger partial charge on any atom is 0.196 e. The second kappa shape index (κ2) is 5.12. The molecule has 1 heterocycles. The number of nitrogens with two attached hydrogens (primary N) is 1. The van der Waals surface area contributed by atoms with E-state index in [0.29, 0.717) is 11.3 Å². The van der Waals surface area contributed by atoms with E-state index in [4.69, 9.17) is 5.73 Å². The van der Waals surface area contributed by atoms with Gasteiger partial charge in [-0.2, -0.15) is 0 Å². The summed E-state index contributed by atoms with van der Waals surface area (Å²) >= 11 is 0. The highest BCUT2D eigenvalue weighted by Crippen LogP contribution is 2.31. The van der Waals surface area contributed by atoms with Crippen molar-refractivity contribution >= 4 is 11.6 Å². The summed E-state index contributed by atoms with van der Waals surface area (Å²) in [6.07, 6.45) is 0. The first-order chi connectivity index (χ1) is 10.0. The van der Waals surface area contributed by atoms with Crippen molar-refractivity contribution in [2.45, 2.75) is 6.04 Å². The zero-order valence-electron chi connectivity index (χ0n) is 10.9. The molecular formula is C15H12F3N3. The lowest BCUT2D eigenvalue weighted by Crippen LogP contribution is -2.36. The van der Waals surface area contributed by atoms with Crippen molar-refractivity contribution in [2.24, 2.45) is 10.7 Å². The molecule has 0 saturated heterocycles. The van der Waals surface area contributed by atoms with Crippen molar-refractivity contribution < 1.29 is 13.2 Å². The smallest absolute Gasteiger partial charge is 0.196 e. The van der Waals surface area contributed by atoms with Crippen LogP contribution in [0, 0.1) is 17.5 Å². The molecule has 108 valence electrons. The molecular weight excluding hydrogens is 279 g/mol. The first kappa shape index (κ1) is 13.5. The Balaban J connectivity index is 2.00.